The highest BCUT2D eigenvalue weighted by Crippen LogP contribution is 2.15. The van der Waals surface area contributed by atoms with Crippen molar-refractivity contribution in [3.05, 3.63) is 22.1 Å². The lowest BCUT2D eigenvalue weighted by Crippen LogP contribution is -2.29. The first-order valence-corrected chi connectivity index (χ1v) is 7.07. The first kappa shape index (κ1) is 19.9. The van der Waals surface area contributed by atoms with E-state index < -0.39 is 12.0 Å². The highest BCUT2D eigenvalue weighted by Gasteiger charge is 2.23. The zero-order valence-corrected chi connectivity index (χ0v) is 13.5. The summed E-state index contributed by atoms with van der Waals surface area (Å²) in [5, 5.41) is 6.60. The summed E-state index contributed by atoms with van der Waals surface area (Å²) >= 11 is 0. The third-order valence-corrected chi connectivity index (χ3v) is 2.53. The van der Waals surface area contributed by atoms with Gasteiger partial charge in [0.2, 0.25) is 0 Å². The quantitative estimate of drug-likeness (QED) is 0.208. The molecule has 0 amide bonds. The molecule has 1 N–H and O–H groups in total. The molecule has 0 saturated heterocycles. The van der Waals surface area contributed by atoms with Crippen molar-refractivity contribution in [2.45, 2.75) is 45.8 Å². The van der Waals surface area contributed by atoms with E-state index in [2.05, 4.69) is 20.1 Å². The summed E-state index contributed by atoms with van der Waals surface area (Å²) in [5.74, 6) is -0.469. The van der Waals surface area contributed by atoms with Crippen LogP contribution in [0.2, 0.25) is 0 Å². The average molecular weight is 312 g/mol. The number of nitrogens with zero attached hydrogens (tertiary/aromatic N) is 3. The Morgan fingerprint density at radius 2 is 2.27 bits per heavy atom. The maximum absolute atomic E-state index is 11.5. The van der Waals surface area contributed by atoms with Gasteiger partial charge in [-0.1, -0.05) is 16.8 Å². The van der Waals surface area contributed by atoms with Gasteiger partial charge in [0.1, 0.15) is 5.60 Å². The van der Waals surface area contributed by atoms with Gasteiger partial charge in [-0.2, -0.15) is 0 Å². The van der Waals surface area contributed by atoms with E-state index in [1.165, 1.54) is 0 Å². The molecule has 22 heavy (non-hydrogen) atoms. The summed E-state index contributed by atoms with van der Waals surface area (Å²) in [6.07, 6.45) is 2.59. The second-order valence-corrected chi connectivity index (χ2v) is 5.42. The van der Waals surface area contributed by atoms with E-state index in [-0.39, 0.29) is 5.60 Å². The van der Waals surface area contributed by atoms with Crippen LogP contribution >= 0.6 is 0 Å². The minimum atomic E-state index is -0.794. The Morgan fingerprint density at radius 1 is 1.59 bits per heavy atom. The van der Waals surface area contributed by atoms with E-state index in [1.807, 2.05) is 26.8 Å². The van der Waals surface area contributed by atoms with E-state index >= 15 is 0 Å². The lowest BCUT2D eigenvalue weighted by atomic mass is 10.0. The van der Waals surface area contributed by atoms with Gasteiger partial charge in [-0.25, -0.2) is 0 Å². The average Bonchev–Trinajstić information content (AvgIpc) is 2.45. The van der Waals surface area contributed by atoms with Crippen LogP contribution < -0.4 is 5.32 Å². The summed E-state index contributed by atoms with van der Waals surface area (Å²) in [4.78, 5) is 23.8. The second-order valence-electron chi connectivity index (χ2n) is 5.42. The van der Waals surface area contributed by atoms with Gasteiger partial charge < -0.3 is 14.8 Å². The largest absolute Gasteiger partial charge is 0.465 e. The third-order valence-electron chi connectivity index (χ3n) is 2.53. The van der Waals surface area contributed by atoms with Crippen LogP contribution in [0.3, 0.4) is 0 Å². The van der Waals surface area contributed by atoms with Gasteiger partial charge in [0, 0.05) is 11.5 Å². The predicted molar refractivity (Wildman–Crippen MR) is 82.0 cm³/mol. The summed E-state index contributed by atoms with van der Waals surface area (Å²) in [7, 11) is 0. The number of rotatable bonds is 5. The van der Waals surface area contributed by atoms with Crippen LogP contribution in [0.25, 0.3) is 10.4 Å². The van der Waals surface area contributed by atoms with Crippen molar-refractivity contribution in [3.8, 4) is 0 Å². The molecule has 0 aromatic rings. The van der Waals surface area contributed by atoms with E-state index in [9.17, 15) is 9.59 Å². The van der Waals surface area contributed by atoms with Crippen LogP contribution in [0.1, 0.15) is 34.1 Å². The van der Waals surface area contributed by atoms with E-state index in [0.29, 0.717) is 26.0 Å². The number of ether oxygens (including phenoxy) is 2. The Bertz CT molecular complexity index is 437. The normalized spacial score (nSPS) is 15.2. The van der Waals surface area contributed by atoms with E-state index in [4.69, 9.17) is 10.3 Å². The molecule has 1 aliphatic heterocycles. The van der Waals surface area contributed by atoms with Crippen LogP contribution in [0.5, 0.6) is 0 Å². The minimum absolute atomic E-state index is 0.293. The minimum Gasteiger partial charge on any atom is -0.465 e. The molecular weight excluding hydrogens is 288 g/mol. The topological polar surface area (TPSA) is 113 Å². The molecule has 1 aliphatic rings. The summed E-state index contributed by atoms with van der Waals surface area (Å²) < 4.78 is 9.39. The van der Waals surface area contributed by atoms with Crippen LogP contribution in [-0.2, 0) is 19.1 Å². The number of hydrogen-bond acceptors (Lipinski definition) is 6. The van der Waals surface area contributed by atoms with Crippen molar-refractivity contribution in [2.75, 3.05) is 19.7 Å². The van der Waals surface area contributed by atoms with E-state index in [1.54, 1.807) is 6.92 Å². The van der Waals surface area contributed by atoms with Crippen molar-refractivity contribution in [1.29, 1.82) is 0 Å². The van der Waals surface area contributed by atoms with Crippen molar-refractivity contribution in [3.63, 3.8) is 0 Å². The number of hydrogen-bond donors (Lipinski definition) is 1. The fraction of sp³-hybridized carbons (Fsp3) is 0.714. The number of esters is 1. The second kappa shape index (κ2) is 10.6. The Labute approximate surface area is 130 Å². The van der Waals surface area contributed by atoms with Crippen molar-refractivity contribution in [1.82, 2.24) is 5.32 Å². The molecule has 124 valence electrons. The zero-order valence-electron chi connectivity index (χ0n) is 13.5. The number of azide groups is 1. The molecule has 1 unspecified atom stereocenters. The molecule has 0 saturated carbocycles. The fourth-order valence-corrected chi connectivity index (χ4v) is 1.58. The molecule has 0 radical (unpaired) electrons. The van der Waals surface area contributed by atoms with Crippen LogP contribution in [0.15, 0.2) is 16.8 Å². The Balaban J connectivity index is 0.000000534. The van der Waals surface area contributed by atoms with Crippen molar-refractivity contribution in [2.24, 2.45) is 5.11 Å². The number of nitrogens with one attached hydrogen (secondary N) is 1. The van der Waals surface area contributed by atoms with Gasteiger partial charge in [0.25, 0.3) is 6.47 Å². The van der Waals surface area contributed by atoms with Crippen LogP contribution in [-0.4, -0.2) is 43.8 Å². The first-order chi connectivity index (χ1) is 10.4. The summed E-state index contributed by atoms with van der Waals surface area (Å²) in [6, 6.07) is -0.794. The van der Waals surface area contributed by atoms with Crippen LogP contribution in [0.4, 0.5) is 0 Å². The van der Waals surface area contributed by atoms with Crippen molar-refractivity contribution < 1.29 is 19.1 Å². The van der Waals surface area contributed by atoms with Crippen LogP contribution in [0, 0.1) is 0 Å². The molecule has 1 rings (SSSR count). The Kier molecular flexibility index (Phi) is 9.65. The smallest absolute Gasteiger partial charge is 0.319 e. The third kappa shape index (κ3) is 8.99. The molecule has 0 spiro atoms. The summed E-state index contributed by atoms with van der Waals surface area (Å²) in [5.41, 5.74) is 8.91. The first-order valence-electron chi connectivity index (χ1n) is 7.07. The van der Waals surface area contributed by atoms with Gasteiger partial charge in [0.15, 0.2) is 6.04 Å². The number of carbonyl (C=O) groups is 2. The van der Waals surface area contributed by atoms with E-state index in [0.717, 1.165) is 12.1 Å². The maximum Gasteiger partial charge on any atom is 0.319 e. The molecule has 0 aromatic carbocycles. The monoisotopic (exact) mass is 312 g/mol. The molecule has 1 atom stereocenters. The zero-order chi connectivity index (χ0) is 17.0. The molecule has 8 heteroatoms. The molecular formula is C14H24N4O4. The highest BCUT2D eigenvalue weighted by molar-refractivity contribution is 5.79. The molecule has 0 aromatic heterocycles. The highest BCUT2D eigenvalue weighted by atomic mass is 16.5. The van der Waals surface area contributed by atoms with Crippen molar-refractivity contribution >= 4 is 12.4 Å². The molecule has 1 heterocycles. The maximum atomic E-state index is 11.5. The summed E-state index contributed by atoms with van der Waals surface area (Å²) in [6.45, 7) is 9.43. The van der Waals surface area contributed by atoms with Gasteiger partial charge in [0.05, 0.1) is 6.61 Å². The molecule has 0 fully saturated rings. The standard InChI is InChI=1S/C9H14N4O2.C5H10O2/c1-2-15-9(14)8(12-13-10)7-3-5-11-6-4-7;1-5(2,3)7-4-6/h3,8,11H,2,4-6H2,1H3;4H,1-3H3. The van der Waals surface area contributed by atoms with Gasteiger partial charge in [-0.3, -0.25) is 9.59 Å². The lowest BCUT2D eigenvalue weighted by molar-refractivity contribution is -0.143. The van der Waals surface area contributed by atoms with Gasteiger partial charge in [-0.05, 0) is 46.2 Å². The predicted octanol–water partition coefficient (Wildman–Crippen LogP) is 2.11. The fourth-order valence-electron chi connectivity index (χ4n) is 1.58. The molecule has 8 nitrogen and oxygen atoms in total. The Hall–Kier alpha value is -2.05. The molecule has 0 bridgehead atoms. The van der Waals surface area contributed by atoms with Gasteiger partial charge >= 0.3 is 5.97 Å². The SMILES string of the molecule is CC(C)(C)OC=O.CCOC(=O)C(N=[N+]=[N-])C1=CCNCC1. The molecule has 0 aliphatic carbocycles. The number of carbonyl (C=O) groups excluding carboxylic acids is 2. The lowest BCUT2D eigenvalue weighted by Gasteiger charge is -2.18. The Morgan fingerprint density at radius 3 is 2.64 bits per heavy atom. The van der Waals surface area contributed by atoms with Gasteiger partial charge in [-0.15, -0.1) is 0 Å².